The number of aliphatic hydroxyl groups excluding tert-OH is 2. The van der Waals surface area contributed by atoms with Crippen molar-refractivity contribution in [2.45, 2.75) is 30.8 Å². The van der Waals surface area contributed by atoms with Gasteiger partial charge in [0.1, 0.15) is 41.3 Å². The van der Waals surface area contributed by atoms with Gasteiger partial charge in [0.2, 0.25) is 0 Å². The molecule has 206 valence electrons. The Hall–Kier alpha value is -3.51. The molecule has 2 N–H and O–H groups in total. The number of aliphatic hydroxyl groups is 2. The molecule has 0 amide bonds. The number of hydrogen-bond donors (Lipinski definition) is 2. The topological polar surface area (TPSA) is 86.0 Å². The van der Waals surface area contributed by atoms with Crippen molar-refractivity contribution in [3.63, 3.8) is 0 Å². The summed E-state index contributed by atoms with van der Waals surface area (Å²) in [4.78, 5) is 2.36. The van der Waals surface area contributed by atoms with Crippen LogP contribution in [0.25, 0.3) is 0 Å². The summed E-state index contributed by atoms with van der Waals surface area (Å²) in [5.74, 6) is 0.603. The van der Waals surface area contributed by atoms with Crippen LogP contribution >= 0.6 is 0 Å². The first-order chi connectivity index (χ1) is 18.9. The van der Waals surface area contributed by atoms with Crippen molar-refractivity contribution in [1.82, 2.24) is 4.90 Å². The minimum Gasteiger partial charge on any atom is -0.494 e. The van der Waals surface area contributed by atoms with Gasteiger partial charge in [-0.1, -0.05) is 24.3 Å². The molecule has 1 aliphatic rings. The van der Waals surface area contributed by atoms with Gasteiger partial charge in [-0.05, 0) is 97.9 Å². The Balaban J connectivity index is 1.30. The van der Waals surface area contributed by atoms with Crippen LogP contribution in [0.15, 0.2) is 72.8 Å². The van der Waals surface area contributed by atoms with E-state index in [4.69, 9.17) is 14.6 Å². The zero-order chi connectivity index (χ0) is 27.7. The van der Waals surface area contributed by atoms with Gasteiger partial charge in [0.05, 0.1) is 19.3 Å². The number of ether oxygens (including phenoxy) is 2. The molecule has 8 heteroatoms. The second-order valence-electron chi connectivity index (χ2n) is 9.87. The van der Waals surface area contributed by atoms with Gasteiger partial charge >= 0.3 is 0 Å². The van der Waals surface area contributed by atoms with Gasteiger partial charge in [-0.3, -0.25) is 0 Å². The first-order valence-electron chi connectivity index (χ1n) is 13.2. The molecule has 1 fully saturated rings. The lowest BCUT2D eigenvalue weighted by molar-refractivity contribution is 0.0536. The lowest BCUT2D eigenvalue weighted by atomic mass is 9.63. The summed E-state index contributed by atoms with van der Waals surface area (Å²) in [7, 11) is 0. The summed E-state index contributed by atoms with van der Waals surface area (Å²) in [6.07, 6.45) is 1.50. The van der Waals surface area contributed by atoms with E-state index in [0.717, 1.165) is 55.8 Å². The summed E-state index contributed by atoms with van der Waals surface area (Å²) in [6, 6.07) is 21.9. The molecule has 0 saturated carbocycles. The van der Waals surface area contributed by atoms with Crippen molar-refractivity contribution in [3.05, 3.63) is 95.6 Å². The molecule has 0 spiro atoms. The molecule has 1 heterocycles. The molecule has 4 rings (SSSR count). The highest BCUT2D eigenvalue weighted by atomic mass is 19.1. The van der Waals surface area contributed by atoms with Crippen LogP contribution in [0.4, 0.5) is 8.78 Å². The van der Waals surface area contributed by atoms with Gasteiger partial charge in [-0.15, -0.1) is 0 Å². The van der Waals surface area contributed by atoms with Crippen LogP contribution in [0.1, 0.15) is 30.4 Å². The summed E-state index contributed by atoms with van der Waals surface area (Å²) in [6.45, 7) is 2.73. The molecule has 3 aromatic rings. The number of rotatable bonds is 12. The first-order valence-corrected chi connectivity index (χ1v) is 13.2. The molecule has 1 unspecified atom stereocenters. The molecule has 39 heavy (non-hydrogen) atoms. The number of likely N-dealkylation sites (tertiary alicyclic amines) is 1. The van der Waals surface area contributed by atoms with Crippen molar-refractivity contribution < 1.29 is 28.5 Å². The van der Waals surface area contributed by atoms with Crippen molar-refractivity contribution in [2.24, 2.45) is 5.92 Å². The Labute approximate surface area is 228 Å². The zero-order valence-corrected chi connectivity index (χ0v) is 21.8. The quantitative estimate of drug-likeness (QED) is 0.327. The van der Waals surface area contributed by atoms with E-state index < -0.39 is 11.5 Å². The maximum absolute atomic E-state index is 13.7. The Morgan fingerprint density at radius 1 is 0.872 bits per heavy atom. The van der Waals surface area contributed by atoms with E-state index in [0.29, 0.717) is 12.4 Å². The Kier molecular flexibility index (Phi) is 9.88. The minimum absolute atomic E-state index is 0.00477. The highest BCUT2D eigenvalue weighted by Crippen LogP contribution is 2.44. The smallest absolute Gasteiger partial charge is 0.123 e. The van der Waals surface area contributed by atoms with E-state index in [2.05, 4.69) is 11.0 Å². The average molecular weight is 537 g/mol. The molecule has 0 aromatic heterocycles. The molecule has 0 bridgehead atoms. The molecular weight excluding hydrogens is 502 g/mol. The number of nitriles is 1. The Morgan fingerprint density at radius 2 is 1.38 bits per heavy atom. The number of hydrogen-bond acceptors (Lipinski definition) is 6. The lowest BCUT2D eigenvalue weighted by Crippen LogP contribution is -2.44. The second kappa shape index (κ2) is 13.5. The molecule has 3 aromatic carbocycles. The maximum atomic E-state index is 13.7. The molecule has 1 atom stereocenters. The van der Waals surface area contributed by atoms with E-state index in [1.807, 2.05) is 0 Å². The monoisotopic (exact) mass is 536 g/mol. The van der Waals surface area contributed by atoms with Crippen LogP contribution in [-0.2, 0) is 5.41 Å². The van der Waals surface area contributed by atoms with Crippen molar-refractivity contribution >= 4 is 0 Å². The SMILES string of the molecule is N#CC(c1ccc(F)cc1)(c1ccc(F)cc1)C1CCN(CCCOc2ccc(OCC(O)CO)cc2)CC1. The Morgan fingerprint density at radius 3 is 1.87 bits per heavy atom. The van der Waals surface area contributed by atoms with Gasteiger partial charge in [-0.25, -0.2) is 8.78 Å². The average Bonchev–Trinajstić information content (AvgIpc) is 2.97. The predicted molar refractivity (Wildman–Crippen MR) is 143 cm³/mol. The van der Waals surface area contributed by atoms with E-state index in [1.54, 1.807) is 48.5 Å². The minimum atomic E-state index is -0.983. The fourth-order valence-corrected chi connectivity index (χ4v) is 5.23. The number of piperidine rings is 1. The predicted octanol–water partition coefficient (Wildman–Crippen LogP) is 4.69. The van der Waals surface area contributed by atoms with Crippen LogP contribution in [0.2, 0.25) is 0 Å². The van der Waals surface area contributed by atoms with Crippen LogP contribution in [0, 0.1) is 28.9 Å². The van der Waals surface area contributed by atoms with Gasteiger partial charge in [0.15, 0.2) is 0 Å². The third-order valence-electron chi connectivity index (χ3n) is 7.34. The van der Waals surface area contributed by atoms with Crippen molar-refractivity contribution in [1.29, 1.82) is 5.26 Å². The van der Waals surface area contributed by atoms with E-state index in [9.17, 15) is 19.1 Å². The van der Waals surface area contributed by atoms with Crippen LogP contribution in [-0.4, -0.2) is 60.7 Å². The molecule has 6 nitrogen and oxygen atoms in total. The largest absolute Gasteiger partial charge is 0.494 e. The van der Waals surface area contributed by atoms with Gasteiger partial charge in [0, 0.05) is 6.54 Å². The molecule has 0 radical (unpaired) electrons. The number of nitrogens with zero attached hydrogens (tertiary/aromatic N) is 2. The highest BCUT2D eigenvalue weighted by Gasteiger charge is 2.43. The van der Waals surface area contributed by atoms with Gasteiger partial charge < -0.3 is 24.6 Å². The fourth-order valence-electron chi connectivity index (χ4n) is 5.23. The summed E-state index contributed by atoms with van der Waals surface area (Å²) in [5, 5.41) is 28.7. The number of halogens is 2. The second-order valence-corrected chi connectivity index (χ2v) is 9.87. The van der Waals surface area contributed by atoms with Gasteiger partial charge in [-0.2, -0.15) is 5.26 Å². The standard InChI is InChI=1S/C31H34F2N2O4/c32-26-6-2-23(3-7-26)31(22-34,24-4-8-27(33)9-5-24)25-14-17-35(18-15-25)16-1-19-38-29-10-12-30(13-11-29)39-21-28(37)20-36/h2-13,25,28,36-37H,1,14-21H2. The van der Waals surface area contributed by atoms with E-state index in [1.165, 1.54) is 24.3 Å². The summed E-state index contributed by atoms with van der Waals surface area (Å²) < 4.78 is 38.7. The molecule has 1 aliphatic heterocycles. The van der Waals surface area contributed by atoms with Crippen molar-refractivity contribution in [3.8, 4) is 17.6 Å². The number of benzene rings is 3. The Bertz CT molecular complexity index is 1160. The maximum Gasteiger partial charge on any atom is 0.123 e. The highest BCUT2D eigenvalue weighted by molar-refractivity contribution is 5.47. The molecule has 0 aliphatic carbocycles. The first kappa shape index (κ1) is 28.5. The lowest BCUT2D eigenvalue weighted by Gasteiger charge is -2.41. The van der Waals surface area contributed by atoms with Crippen molar-refractivity contribution in [2.75, 3.05) is 39.5 Å². The molecule has 1 saturated heterocycles. The third kappa shape index (κ3) is 7.12. The fraction of sp³-hybridized carbons (Fsp3) is 0.387. The summed E-state index contributed by atoms with van der Waals surface area (Å²) >= 11 is 0. The van der Waals surface area contributed by atoms with Crippen LogP contribution < -0.4 is 9.47 Å². The van der Waals surface area contributed by atoms with E-state index in [-0.39, 0.29) is 30.8 Å². The third-order valence-corrected chi connectivity index (χ3v) is 7.34. The van der Waals surface area contributed by atoms with Crippen LogP contribution in [0.5, 0.6) is 11.5 Å². The molecular formula is C31H34F2N2O4. The zero-order valence-electron chi connectivity index (χ0n) is 21.8. The summed E-state index contributed by atoms with van der Waals surface area (Å²) in [5.41, 5.74) is 0.472. The van der Waals surface area contributed by atoms with Crippen LogP contribution in [0.3, 0.4) is 0 Å². The van der Waals surface area contributed by atoms with Gasteiger partial charge in [0.25, 0.3) is 0 Å². The van der Waals surface area contributed by atoms with E-state index >= 15 is 0 Å². The normalized spacial score (nSPS) is 15.5.